The van der Waals surface area contributed by atoms with Gasteiger partial charge in [0.1, 0.15) is 11.6 Å². The first-order valence-electron chi connectivity index (χ1n) is 8.95. The molecule has 3 rings (SSSR count). The number of benzene rings is 2. The summed E-state index contributed by atoms with van der Waals surface area (Å²) in [5.74, 6) is -0.193. The normalized spacial score (nSPS) is 11.2. The largest absolute Gasteiger partial charge is 0.494 e. The van der Waals surface area contributed by atoms with E-state index >= 15 is 0 Å². The van der Waals surface area contributed by atoms with Crippen molar-refractivity contribution in [2.75, 3.05) is 13.7 Å². The summed E-state index contributed by atoms with van der Waals surface area (Å²) in [6, 6.07) is 15.6. The van der Waals surface area contributed by atoms with E-state index in [1.54, 1.807) is 14.0 Å². The van der Waals surface area contributed by atoms with E-state index in [0.717, 1.165) is 16.5 Å². The number of aromatic hydroxyl groups is 1. The summed E-state index contributed by atoms with van der Waals surface area (Å²) >= 11 is 0. The van der Waals surface area contributed by atoms with Gasteiger partial charge in [-0.2, -0.15) is 5.26 Å². The van der Waals surface area contributed by atoms with Crippen molar-refractivity contribution in [2.24, 2.45) is 4.99 Å². The average molecular weight is 375 g/mol. The highest BCUT2D eigenvalue weighted by Crippen LogP contribution is 2.27. The first-order chi connectivity index (χ1) is 13.6. The Morgan fingerprint density at radius 3 is 2.75 bits per heavy atom. The molecule has 0 spiro atoms. The molecule has 0 fully saturated rings. The standard InChI is InChI=1S/C22H21N3O3/c1-15-18(13-23)21(26)25(11-6-12-28-2)22(27)19(15)14-24-20-10-5-8-16-7-3-4-9-17(16)20/h3-5,7-10,14,27H,6,11-12H2,1-2H3. The molecule has 0 radical (unpaired) electrons. The number of nitriles is 1. The van der Waals surface area contributed by atoms with Crippen molar-refractivity contribution in [3.63, 3.8) is 0 Å². The predicted octanol–water partition coefficient (Wildman–Crippen LogP) is 3.67. The number of aliphatic imine (C=N–C) groups is 1. The van der Waals surface area contributed by atoms with Crippen LogP contribution in [0.15, 0.2) is 52.3 Å². The number of methoxy groups -OCH3 is 1. The number of fused-ring (bicyclic) bond motifs is 1. The Hall–Kier alpha value is -3.43. The van der Waals surface area contributed by atoms with E-state index in [9.17, 15) is 15.2 Å². The van der Waals surface area contributed by atoms with Crippen LogP contribution in [0.4, 0.5) is 5.69 Å². The van der Waals surface area contributed by atoms with Crippen LogP contribution in [0, 0.1) is 18.3 Å². The van der Waals surface area contributed by atoms with Crippen LogP contribution >= 0.6 is 0 Å². The molecule has 0 unspecified atom stereocenters. The summed E-state index contributed by atoms with van der Waals surface area (Å²) in [4.78, 5) is 17.1. The third kappa shape index (κ3) is 3.66. The molecule has 1 N–H and O–H groups in total. The van der Waals surface area contributed by atoms with Crippen LogP contribution in [0.5, 0.6) is 5.88 Å². The molecule has 0 atom stereocenters. The van der Waals surface area contributed by atoms with Crippen molar-refractivity contribution in [3.8, 4) is 11.9 Å². The summed E-state index contributed by atoms with van der Waals surface area (Å²) in [7, 11) is 1.57. The monoisotopic (exact) mass is 375 g/mol. The summed E-state index contributed by atoms with van der Waals surface area (Å²) < 4.78 is 6.22. The van der Waals surface area contributed by atoms with E-state index in [1.807, 2.05) is 48.5 Å². The lowest BCUT2D eigenvalue weighted by Gasteiger charge is -2.13. The van der Waals surface area contributed by atoms with Crippen molar-refractivity contribution in [1.82, 2.24) is 4.57 Å². The van der Waals surface area contributed by atoms with Crippen molar-refractivity contribution in [3.05, 3.63) is 69.5 Å². The van der Waals surface area contributed by atoms with E-state index in [0.29, 0.717) is 24.2 Å². The van der Waals surface area contributed by atoms with Crippen molar-refractivity contribution in [1.29, 1.82) is 5.26 Å². The Morgan fingerprint density at radius 1 is 1.25 bits per heavy atom. The minimum atomic E-state index is -0.504. The number of rotatable bonds is 6. The number of nitrogens with zero attached hydrogens (tertiary/aromatic N) is 3. The molecule has 142 valence electrons. The zero-order chi connectivity index (χ0) is 20.1. The van der Waals surface area contributed by atoms with Gasteiger partial charge in [0.15, 0.2) is 0 Å². The lowest BCUT2D eigenvalue weighted by atomic mass is 10.1. The highest BCUT2D eigenvalue weighted by Gasteiger charge is 2.17. The summed E-state index contributed by atoms with van der Waals surface area (Å²) in [6.45, 7) is 2.34. The maximum absolute atomic E-state index is 12.5. The molecule has 1 aromatic heterocycles. The number of hydrogen-bond donors (Lipinski definition) is 1. The van der Waals surface area contributed by atoms with Crippen LogP contribution < -0.4 is 5.56 Å². The molecule has 1 heterocycles. The maximum Gasteiger partial charge on any atom is 0.271 e. The lowest BCUT2D eigenvalue weighted by molar-refractivity contribution is 0.188. The number of aromatic nitrogens is 1. The highest BCUT2D eigenvalue weighted by atomic mass is 16.5. The SMILES string of the molecule is COCCCn1c(O)c(C=Nc2cccc3ccccc23)c(C)c(C#N)c1=O. The molecule has 6 heteroatoms. The molecule has 0 saturated heterocycles. The van der Waals surface area contributed by atoms with Crippen LogP contribution in [0.2, 0.25) is 0 Å². The van der Waals surface area contributed by atoms with Crippen molar-refractivity contribution in [2.45, 2.75) is 19.9 Å². The summed E-state index contributed by atoms with van der Waals surface area (Å²) in [6.07, 6.45) is 2.05. The van der Waals surface area contributed by atoms with Gasteiger partial charge < -0.3 is 9.84 Å². The van der Waals surface area contributed by atoms with E-state index in [-0.39, 0.29) is 18.0 Å². The topological polar surface area (TPSA) is 87.6 Å². The molecule has 28 heavy (non-hydrogen) atoms. The zero-order valence-corrected chi connectivity index (χ0v) is 15.8. The zero-order valence-electron chi connectivity index (χ0n) is 15.8. The number of hydrogen-bond acceptors (Lipinski definition) is 5. The Kier molecular flexibility index (Phi) is 5.87. The van der Waals surface area contributed by atoms with Gasteiger partial charge in [0.2, 0.25) is 5.88 Å². The van der Waals surface area contributed by atoms with Gasteiger partial charge >= 0.3 is 0 Å². The fraction of sp³-hybridized carbons (Fsp3) is 0.227. The minimum Gasteiger partial charge on any atom is -0.494 e. The van der Waals surface area contributed by atoms with Gasteiger partial charge in [-0.25, -0.2) is 0 Å². The Labute approximate surface area is 163 Å². The second-order valence-electron chi connectivity index (χ2n) is 6.41. The molecule has 2 aromatic carbocycles. The average Bonchev–Trinajstić information content (AvgIpc) is 2.71. The van der Waals surface area contributed by atoms with Gasteiger partial charge in [-0.15, -0.1) is 0 Å². The van der Waals surface area contributed by atoms with Crippen LogP contribution in [-0.2, 0) is 11.3 Å². The van der Waals surface area contributed by atoms with Gasteiger partial charge in [-0.1, -0.05) is 36.4 Å². The number of ether oxygens (including phenoxy) is 1. The van der Waals surface area contributed by atoms with Crippen LogP contribution in [0.3, 0.4) is 0 Å². The maximum atomic E-state index is 12.5. The molecule has 0 saturated carbocycles. The summed E-state index contributed by atoms with van der Waals surface area (Å²) in [5, 5.41) is 22.1. The number of pyridine rings is 1. The van der Waals surface area contributed by atoms with E-state index in [2.05, 4.69) is 4.99 Å². The first-order valence-corrected chi connectivity index (χ1v) is 8.95. The third-order valence-electron chi connectivity index (χ3n) is 4.68. The van der Waals surface area contributed by atoms with E-state index in [1.165, 1.54) is 10.8 Å². The molecule has 0 amide bonds. The molecule has 0 aliphatic heterocycles. The fourth-order valence-electron chi connectivity index (χ4n) is 3.15. The fourth-order valence-corrected chi connectivity index (χ4v) is 3.15. The molecule has 0 aliphatic carbocycles. The third-order valence-corrected chi connectivity index (χ3v) is 4.68. The van der Waals surface area contributed by atoms with Gasteiger partial charge in [0.05, 0.1) is 11.3 Å². The second-order valence-corrected chi connectivity index (χ2v) is 6.41. The molecular weight excluding hydrogens is 354 g/mol. The lowest BCUT2D eigenvalue weighted by Crippen LogP contribution is -2.26. The Bertz CT molecular complexity index is 1130. The molecule has 3 aromatic rings. The predicted molar refractivity (Wildman–Crippen MR) is 110 cm³/mol. The highest BCUT2D eigenvalue weighted by molar-refractivity contribution is 5.96. The second kappa shape index (κ2) is 8.51. The van der Waals surface area contributed by atoms with Crippen molar-refractivity contribution >= 4 is 22.7 Å². The van der Waals surface area contributed by atoms with Crippen LogP contribution in [0.25, 0.3) is 10.8 Å². The van der Waals surface area contributed by atoms with Gasteiger partial charge in [0.25, 0.3) is 5.56 Å². The quantitative estimate of drug-likeness (QED) is 0.526. The first kappa shape index (κ1) is 19.3. The van der Waals surface area contributed by atoms with Crippen molar-refractivity contribution < 1.29 is 9.84 Å². The van der Waals surface area contributed by atoms with Gasteiger partial charge in [-0.05, 0) is 30.4 Å². The van der Waals surface area contributed by atoms with E-state index < -0.39 is 5.56 Å². The molecule has 0 bridgehead atoms. The molecule has 0 aliphatic rings. The molecular formula is C22H21N3O3. The summed E-state index contributed by atoms with van der Waals surface area (Å²) in [5.41, 5.74) is 1.02. The van der Waals surface area contributed by atoms with Crippen LogP contribution in [0.1, 0.15) is 23.1 Å². The van der Waals surface area contributed by atoms with Gasteiger partial charge in [0, 0.05) is 31.9 Å². The Balaban J connectivity index is 2.10. The molecule has 6 nitrogen and oxygen atoms in total. The van der Waals surface area contributed by atoms with E-state index in [4.69, 9.17) is 4.74 Å². The minimum absolute atomic E-state index is 0.00888. The smallest absolute Gasteiger partial charge is 0.271 e. The Morgan fingerprint density at radius 2 is 2.00 bits per heavy atom. The van der Waals surface area contributed by atoms with Gasteiger partial charge in [-0.3, -0.25) is 14.4 Å². The van der Waals surface area contributed by atoms with Crippen LogP contribution in [-0.4, -0.2) is 29.6 Å².